The number of carboxylic acid groups (broad SMARTS) is 1. The molecule has 15 heavy (non-hydrogen) atoms. The minimum Gasteiger partial charge on any atom is -0.480 e. The highest BCUT2D eigenvalue weighted by Gasteiger charge is 2.15. The molecule has 1 saturated heterocycles. The summed E-state index contributed by atoms with van der Waals surface area (Å²) < 4.78 is 10.5. The zero-order valence-corrected chi connectivity index (χ0v) is 9.37. The molecule has 1 heterocycles. The first-order valence-corrected chi connectivity index (χ1v) is 6.15. The third-order valence-electron chi connectivity index (χ3n) is 2.08. The molecule has 1 rings (SSSR count). The maximum Gasteiger partial charge on any atom is 0.320 e. The van der Waals surface area contributed by atoms with Crippen molar-refractivity contribution < 1.29 is 19.4 Å². The Labute approximate surface area is 93.3 Å². The van der Waals surface area contributed by atoms with E-state index in [0.29, 0.717) is 19.6 Å². The van der Waals surface area contributed by atoms with Gasteiger partial charge in [-0.25, -0.2) is 0 Å². The average molecular weight is 235 g/mol. The van der Waals surface area contributed by atoms with Gasteiger partial charge in [0.2, 0.25) is 0 Å². The number of ether oxygens (including phenoxy) is 2. The smallest absolute Gasteiger partial charge is 0.320 e. The summed E-state index contributed by atoms with van der Waals surface area (Å²) in [6, 6.07) is -0.739. The number of aliphatic carboxylic acids is 1. The number of carbonyl (C=O) groups is 1. The van der Waals surface area contributed by atoms with Gasteiger partial charge >= 0.3 is 5.97 Å². The van der Waals surface area contributed by atoms with E-state index >= 15 is 0 Å². The summed E-state index contributed by atoms with van der Waals surface area (Å²) in [5, 5.41) is 8.54. The number of hydrogen-bond acceptors (Lipinski definition) is 5. The second-order valence-electron chi connectivity index (χ2n) is 3.31. The lowest BCUT2D eigenvalue weighted by Crippen LogP contribution is -2.30. The summed E-state index contributed by atoms with van der Waals surface area (Å²) in [5.74, 6) is 0.745. The van der Waals surface area contributed by atoms with E-state index in [1.165, 1.54) is 0 Å². The van der Waals surface area contributed by atoms with Crippen molar-refractivity contribution in [2.24, 2.45) is 5.73 Å². The molecule has 1 fully saturated rings. The predicted molar refractivity (Wildman–Crippen MR) is 57.9 cm³/mol. The van der Waals surface area contributed by atoms with Gasteiger partial charge in [0.15, 0.2) is 6.29 Å². The van der Waals surface area contributed by atoms with Gasteiger partial charge < -0.3 is 20.3 Å². The van der Waals surface area contributed by atoms with Crippen LogP contribution in [0, 0.1) is 0 Å². The highest BCUT2D eigenvalue weighted by Crippen LogP contribution is 2.13. The van der Waals surface area contributed by atoms with Crippen LogP contribution in [-0.2, 0) is 14.3 Å². The Morgan fingerprint density at radius 2 is 2.13 bits per heavy atom. The van der Waals surface area contributed by atoms with Crippen molar-refractivity contribution in [3.63, 3.8) is 0 Å². The molecular formula is C9H17NO4S. The molecule has 0 spiro atoms. The Balaban J connectivity index is 1.90. The Morgan fingerprint density at radius 3 is 2.73 bits per heavy atom. The number of hydrogen-bond donors (Lipinski definition) is 2. The standard InChI is InChI=1S/C9H17NO4S/c10-7(9(11)12)1-5-15-6-2-8-13-3-4-14-8/h7-8H,1-6,10H2,(H,11,12). The fourth-order valence-electron chi connectivity index (χ4n) is 1.19. The van der Waals surface area contributed by atoms with Crippen LogP contribution in [0.2, 0.25) is 0 Å². The van der Waals surface area contributed by atoms with Crippen molar-refractivity contribution in [3.8, 4) is 0 Å². The number of rotatable bonds is 7. The highest BCUT2D eigenvalue weighted by molar-refractivity contribution is 7.99. The molecule has 0 aromatic heterocycles. The molecule has 88 valence electrons. The summed E-state index contributed by atoms with van der Waals surface area (Å²) in [7, 11) is 0. The number of nitrogens with two attached hydrogens (primary N) is 1. The first kappa shape index (κ1) is 12.8. The minimum absolute atomic E-state index is 0.0642. The van der Waals surface area contributed by atoms with E-state index in [4.69, 9.17) is 20.3 Å². The van der Waals surface area contributed by atoms with Crippen molar-refractivity contribution in [1.29, 1.82) is 0 Å². The fourth-order valence-corrected chi connectivity index (χ4v) is 2.17. The molecule has 0 bridgehead atoms. The zero-order chi connectivity index (χ0) is 11.1. The molecule has 0 aromatic rings. The van der Waals surface area contributed by atoms with Crippen LogP contribution in [0.5, 0.6) is 0 Å². The minimum atomic E-state index is -0.932. The van der Waals surface area contributed by atoms with Crippen LogP contribution in [0.4, 0.5) is 0 Å². The van der Waals surface area contributed by atoms with E-state index in [-0.39, 0.29) is 6.29 Å². The molecule has 3 N–H and O–H groups in total. The third kappa shape index (κ3) is 5.36. The van der Waals surface area contributed by atoms with Gasteiger partial charge in [0.1, 0.15) is 6.04 Å². The molecule has 0 amide bonds. The summed E-state index contributed by atoms with van der Waals surface area (Å²) in [5.41, 5.74) is 5.36. The molecule has 0 aliphatic carbocycles. The van der Waals surface area contributed by atoms with Gasteiger partial charge in [-0.2, -0.15) is 11.8 Å². The van der Waals surface area contributed by atoms with Gasteiger partial charge in [-0.15, -0.1) is 0 Å². The van der Waals surface area contributed by atoms with E-state index < -0.39 is 12.0 Å². The van der Waals surface area contributed by atoms with Crippen LogP contribution in [0.1, 0.15) is 12.8 Å². The maximum atomic E-state index is 10.4. The lowest BCUT2D eigenvalue weighted by atomic mass is 10.2. The lowest BCUT2D eigenvalue weighted by molar-refractivity contribution is -0.138. The molecule has 1 unspecified atom stereocenters. The molecule has 5 nitrogen and oxygen atoms in total. The van der Waals surface area contributed by atoms with E-state index in [0.717, 1.165) is 17.9 Å². The first-order valence-electron chi connectivity index (χ1n) is 4.99. The summed E-state index contributed by atoms with van der Waals surface area (Å²) >= 11 is 1.68. The molecule has 1 atom stereocenters. The van der Waals surface area contributed by atoms with Gasteiger partial charge in [0.05, 0.1) is 13.2 Å². The zero-order valence-electron chi connectivity index (χ0n) is 8.55. The van der Waals surface area contributed by atoms with Gasteiger partial charge in [-0.1, -0.05) is 0 Å². The van der Waals surface area contributed by atoms with E-state index in [1.54, 1.807) is 11.8 Å². The van der Waals surface area contributed by atoms with Gasteiger partial charge in [0.25, 0.3) is 0 Å². The van der Waals surface area contributed by atoms with Crippen LogP contribution in [-0.4, -0.2) is 48.1 Å². The summed E-state index contributed by atoms with van der Waals surface area (Å²) in [6.07, 6.45) is 1.30. The van der Waals surface area contributed by atoms with Crippen molar-refractivity contribution in [2.75, 3.05) is 24.7 Å². The van der Waals surface area contributed by atoms with Crippen LogP contribution in [0.25, 0.3) is 0 Å². The van der Waals surface area contributed by atoms with E-state index in [2.05, 4.69) is 0 Å². The van der Waals surface area contributed by atoms with Crippen LogP contribution in [0.15, 0.2) is 0 Å². The third-order valence-corrected chi connectivity index (χ3v) is 3.13. The van der Waals surface area contributed by atoms with Crippen molar-refractivity contribution in [2.45, 2.75) is 25.2 Å². The summed E-state index contributed by atoms with van der Waals surface area (Å²) in [4.78, 5) is 10.4. The van der Waals surface area contributed by atoms with Crippen molar-refractivity contribution >= 4 is 17.7 Å². The topological polar surface area (TPSA) is 81.8 Å². The average Bonchev–Trinajstić information content (AvgIpc) is 2.69. The number of thioether (sulfide) groups is 1. The Hall–Kier alpha value is -0.300. The van der Waals surface area contributed by atoms with Gasteiger partial charge in [-0.05, 0) is 17.9 Å². The Bertz CT molecular complexity index is 197. The molecule has 0 radical (unpaired) electrons. The van der Waals surface area contributed by atoms with Gasteiger partial charge in [0, 0.05) is 6.42 Å². The quantitative estimate of drug-likeness (QED) is 0.617. The monoisotopic (exact) mass is 235 g/mol. The summed E-state index contributed by atoms with van der Waals surface area (Å²) in [6.45, 7) is 1.36. The number of carboxylic acids is 1. The van der Waals surface area contributed by atoms with Crippen LogP contribution in [0.3, 0.4) is 0 Å². The normalized spacial score (nSPS) is 19.3. The largest absolute Gasteiger partial charge is 0.480 e. The molecule has 1 aliphatic heterocycles. The highest BCUT2D eigenvalue weighted by atomic mass is 32.2. The Morgan fingerprint density at radius 1 is 1.47 bits per heavy atom. The molecule has 0 saturated carbocycles. The molecule has 6 heteroatoms. The second-order valence-corrected chi connectivity index (χ2v) is 4.53. The first-order chi connectivity index (χ1) is 7.20. The van der Waals surface area contributed by atoms with E-state index in [1.807, 2.05) is 0 Å². The maximum absolute atomic E-state index is 10.4. The van der Waals surface area contributed by atoms with Crippen LogP contribution < -0.4 is 5.73 Å². The SMILES string of the molecule is NC(CCSCCC1OCCO1)C(=O)O. The molecular weight excluding hydrogens is 218 g/mol. The predicted octanol–water partition coefficient (Wildman–Crippen LogP) is 0.285. The van der Waals surface area contributed by atoms with Crippen LogP contribution >= 0.6 is 11.8 Å². The molecule has 0 aromatic carbocycles. The fraction of sp³-hybridized carbons (Fsp3) is 0.889. The van der Waals surface area contributed by atoms with Gasteiger partial charge in [-0.3, -0.25) is 4.79 Å². The van der Waals surface area contributed by atoms with E-state index in [9.17, 15) is 4.79 Å². The van der Waals surface area contributed by atoms with Crippen molar-refractivity contribution in [1.82, 2.24) is 0 Å². The second kappa shape index (κ2) is 7.05. The van der Waals surface area contributed by atoms with Crippen molar-refractivity contribution in [3.05, 3.63) is 0 Å². The lowest BCUT2D eigenvalue weighted by Gasteiger charge is -2.09. The molecule has 1 aliphatic rings. The Kier molecular flexibility index (Phi) is 6.00.